The summed E-state index contributed by atoms with van der Waals surface area (Å²) in [5, 5.41) is 3.38. The summed E-state index contributed by atoms with van der Waals surface area (Å²) >= 11 is 0. The van der Waals surface area contributed by atoms with E-state index in [2.05, 4.69) is 60.5 Å². The first-order valence-electron chi connectivity index (χ1n) is 7.42. The zero-order chi connectivity index (χ0) is 13.5. The van der Waals surface area contributed by atoms with Crippen LogP contribution < -0.4 is 5.32 Å². The molecule has 1 aromatic carbocycles. The molecule has 1 heterocycles. The van der Waals surface area contributed by atoms with E-state index in [9.17, 15) is 0 Å². The summed E-state index contributed by atoms with van der Waals surface area (Å²) in [6, 6.07) is 8.97. The summed E-state index contributed by atoms with van der Waals surface area (Å²) in [6.07, 6.45) is 5.69. The molecular weight excluding hydrogens is 232 g/mol. The molecule has 1 N–H and O–H groups in total. The molecular formula is C17H26N2. The van der Waals surface area contributed by atoms with Crippen LogP contribution in [0.2, 0.25) is 0 Å². The summed E-state index contributed by atoms with van der Waals surface area (Å²) < 4.78 is 0. The molecule has 0 bridgehead atoms. The third-order valence-electron chi connectivity index (χ3n) is 3.51. The molecule has 0 saturated carbocycles. The van der Waals surface area contributed by atoms with Crippen molar-refractivity contribution in [2.45, 2.75) is 20.3 Å². The molecule has 0 aromatic heterocycles. The van der Waals surface area contributed by atoms with Crippen LogP contribution in [0.25, 0.3) is 6.08 Å². The Hall–Kier alpha value is -1.12. The molecule has 2 nitrogen and oxygen atoms in total. The standard InChI is InChI=1S/C17H26N2/c1-15(2)14-17-7-5-16(6-8-17)4-3-11-19-12-9-18-10-13-19/h3-8,15,18H,9-14H2,1-2H3/b4-3+. The van der Waals surface area contributed by atoms with E-state index in [1.165, 1.54) is 17.5 Å². The van der Waals surface area contributed by atoms with E-state index >= 15 is 0 Å². The van der Waals surface area contributed by atoms with Gasteiger partial charge in [-0.3, -0.25) is 4.90 Å². The van der Waals surface area contributed by atoms with E-state index in [4.69, 9.17) is 0 Å². The molecule has 0 unspecified atom stereocenters. The zero-order valence-electron chi connectivity index (χ0n) is 12.2. The number of piperazine rings is 1. The quantitative estimate of drug-likeness (QED) is 0.873. The maximum absolute atomic E-state index is 3.38. The van der Waals surface area contributed by atoms with Gasteiger partial charge in [0, 0.05) is 32.7 Å². The van der Waals surface area contributed by atoms with Crippen molar-refractivity contribution < 1.29 is 0 Å². The Morgan fingerprint density at radius 3 is 2.47 bits per heavy atom. The molecule has 1 aromatic rings. The van der Waals surface area contributed by atoms with Crippen LogP contribution in [0.15, 0.2) is 30.3 Å². The van der Waals surface area contributed by atoms with E-state index in [0.29, 0.717) is 0 Å². The predicted molar refractivity (Wildman–Crippen MR) is 83.3 cm³/mol. The Balaban J connectivity index is 1.81. The number of nitrogens with one attached hydrogen (secondary N) is 1. The van der Waals surface area contributed by atoms with E-state index < -0.39 is 0 Å². The molecule has 0 aliphatic carbocycles. The minimum atomic E-state index is 0.731. The summed E-state index contributed by atoms with van der Waals surface area (Å²) in [5.74, 6) is 0.731. The SMILES string of the molecule is CC(C)Cc1ccc(/C=C/CN2CCNCC2)cc1. The first kappa shape index (κ1) is 14.3. The average molecular weight is 258 g/mol. The first-order valence-corrected chi connectivity index (χ1v) is 7.42. The Kier molecular flexibility index (Phi) is 5.62. The molecule has 0 amide bonds. The lowest BCUT2D eigenvalue weighted by atomic mass is 10.0. The molecule has 1 fully saturated rings. The second-order valence-electron chi connectivity index (χ2n) is 5.79. The highest BCUT2D eigenvalue weighted by Gasteiger charge is 2.06. The van der Waals surface area contributed by atoms with Gasteiger partial charge in [-0.25, -0.2) is 0 Å². The highest BCUT2D eigenvalue weighted by molar-refractivity contribution is 5.49. The second kappa shape index (κ2) is 7.46. The molecule has 19 heavy (non-hydrogen) atoms. The molecule has 104 valence electrons. The number of nitrogens with zero attached hydrogens (tertiary/aromatic N) is 1. The maximum atomic E-state index is 3.38. The molecule has 1 saturated heterocycles. The number of rotatable bonds is 5. The minimum Gasteiger partial charge on any atom is -0.314 e. The largest absolute Gasteiger partial charge is 0.314 e. The van der Waals surface area contributed by atoms with E-state index in [0.717, 1.165) is 38.6 Å². The van der Waals surface area contributed by atoms with Crippen molar-refractivity contribution >= 4 is 6.08 Å². The van der Waals surface area contributed by atoms with Gasteiger partial charge in [0.05, 0.1) is 0 Å². The molecule has 2 heteroatoms. The molecule has 2 rings (SSSR count). The van der Waals surface area contributed by atoms with E-state index in [1.807, 2.05) is 0 Å². The predicted octanol–water partition coefficient (Wildman–Crippen LogP) is 2.80. The van der Waals surface area contributed by atoms with Gasteiger partial charge in [0.2, 0.25) is 0 Å². The normalized spacial score (nSPS) is 17.4. The molecule has 1 aliphatic heterocycles. The summed E-state index contributed by atoms with van der Waals surface area (Å²) in [6.45, 7) is 10.2. The van der Waals surface area contributed by atoms with Crippen LogP contribution in [0.4, 0.5) is 0 Å². The smallest absolute Gasteiger partial charge is 0.0167 e. The Morgan fingerprint density at radius 2 is 1.84 bits per heavy atom. The van der Waals surface area contributed by atoms with Crippen molar-refractivity contribution in [2.75, 3.05) is 32.7 Å². The van der Waals surface area contributed by atoms with Crippen molar-refractivity contribution in [3.05, 3.63) is 41.5 Å². The average Bonchev–Trinajstić information content (AvgIpc) is 2.41. The minimum absolute atomic E-state index is 0.731. The van der Waals surface area contributed by atoms with Gasteiger partial charge in [0.25, 0.3) is 0 Å². The zero-order valence-corrected chi connectivity index (χ0v) is 12.2. The van der Waals surface area contributed by atoms with Gasteiger partial charge in [-0.2, -0.15) is 0 Å². The van der Waals surface area contributed by atoms with Crippen LogP contribution in [-0.2, 0) is 6.42 Å². The Bertz CT molecular complexity index is 386. The summed E-state index contributed by atoms with van der Waals surface area (Å²) in [5.41, 5.74) is 2.75. The van der Waals surface area contributed by atoms with Crippen LogP contribution in [0, 0.1) is 5.92 Å². The first-order chi connectivity index (χ1) is 9.24. The third kappa shape index (κ3) is 5.17. The summed E-state index contributed by atoms with van der Waals surface area (Å²) in [4.78, 5) is 2.49. The van der Waals surface area contributed by atoms with Crippen LogP contribution in [-0.4, -0.2) is 37.6 Å². The molecule has 0 radical (unpaired) electrons. The molecule has 0 spiro atoms. The Morgan fingerprint density at radius 1 is 1.16 bits per heavy atom. The van der Waals surface area contributed by atoms with Gasteiger partial charge < -0.3 is 5.32 Å². The van der Waals surface area contributed by atoms with Crippen LogP contribution in [0.5, 0.6) is 0 Å². The van der Waals surface area contributed by atoms with Gasteiger partial charge in [0.1, 0.15) is 0 Å². The van der Waals surface area contributed by atoms with Crippen molar-refractivity contribution in [3.8, 4) is 0 Å². The second-order valence-corrected chi connectivity index (χ2v) is 5.79. The lowest BCUT2D eigenvalue weighted by Crippen LogP contribution is -2.43. The fourth-order valence-corrected chi connectivity index (χ4v) is 2.47. The van der Waals surface area contributed by atoms with Crippen LogP contribution in [0.3, 0.4) is 0 Å². The highest BCUT2D eigenvalue weighted by atomic mass is 15.2. The van der Waals surface area contributed by atoms with Crippen molar-refractivity contribution in [1.82, 2.24) is 10.2 Å². The van der Waals surface area contributed by atoms with Gasteiger partial charge in [-0.15, -0.1) is 0 Å². The van der Waals surface area contributed by atoms with Crippen molar-refractivity contribution in [2.24, 2.45) is 5.92 Å². The highest BCUT2D eigenvalue weighted by Crippen LogP contribution is 2.10. The summed E-state index contributed by atoms with van der Waals surface area (Å²) in [7, 11) is 0. The van der Waals surface area contributed by atoms with Crippen LogP contribution in [0.1, 0.15) is 25.0 Å². The van der Waals surface area contributed by atoms with Crippen LogP contribution >= 0.6 is 0 Å². The number of hydrogen-bond donors (Lipinski definition) is 1. The monoisotopic (exact) mass is 258 g/mol. The molecule has 1 aliphatic rings. The van der Waals surface area contributed by atoms with Gasteiger partial charge in [-0.1, -0.05) is 50.3 Å². The third-order valence-corrected chi connectivity index (χ3v) is 3.51. The van der Waals surface area contributed by atoms with Crippen molar-refractivity contribution in [3.63, 3.8) is 0 Å². The van der Waals surface area contributed by atoms with Gasteiger partial charge in [0.15, 0.2) is 0 Å². The lowest BCUT2D eigenvalue weighted by molar-refractivity contribution is 0.265. The number of hydrogen-bond acceptors (Lipinski definition) is 2. The maximum Gasteiger partial charge on any atom is 0.0167 e. The number of benzene rings is 1. The fourth-order valence-electron chi connectivity index (χ4n) is 2.47. The van der Waals surface area contributed by atoms with Gasteiger partial charge in [-0.05, 0) is 23.5 Å². The van der Waals surface area contributed by atoms with Gasteiger partial charge >= 0.3 is 0 Å². The topological polar surface area (TPSA) is 15.3 Å². The van der Waals surface area contributed by atoms with E-state index in [-0.39, 0.29) is 0 Å². The van der Waals surface area contributed by atoms with E-state index in [1.54, 1.807) is 0 Å². The fraction of sp³-hybridized carbons (Fsp3) is 0.529. The molecule has 0 atom stereocenters. The lowest BCUT2D eigenvalue weighted by Gasteiger charge is -2.25. The van der Waals surface area contributed by atoms with Crippen molar-refractivity contribution in [1.29, 1.82) is 0 Å². The Labute approximate surface area is 117 Å².